The summed E-state index contributed by atoms with van der Waals surface area (Å²) in [5.74, 6) is -0.500. The minimum Gasteiger partial charge on any atom is -0.326 e. The van der Waals surface area contributed by atoms with Gasteiger partial charge in [0.15, 0.2) is 5.78 Å². The summed E-state index contributed by atoms with van der Waals surface area (Å²) in [5, 5.41) is 0.613. The molecule has 3 heterocycles. The average Bonchev–Trinajstić information content (AvgIpc) is 3.29. The fourth-order valence-electron chi connectivity index (χ4n) is 4.66. The Bertz CT molecular complexity index is 1010. The van der Waals surface area contributed by atoms with Crippen LogP contribution in [0.2, 0.25) is 0 Å². The molecule has 1 aromatic carbocycles. The average molecular weight is 400 g/mol. The van der Waals surface area contributed by atoms with Crippen molar-refractivity contribution >= 4 is 28.0 Å². The monoisotopic (exact) mass is 400 g/mol. The minimum atomic E-state index is -0.357. The second-order valence-corrected chi connectivity index (χ2v) is 8.53. The highest BCUT2D eigenvalue weighted by atomic mass is 32.1. The summed E-state index contributed by atoms with van der Waals surface area (Å²) in [4.78, 5) is 29.8. The summed E-state index contributed by atoms with van der Waals surface area (Å²) >= 11 is 1.17. The highest BCUT2D eigenvalue weighted by Crippen LogP contribution is 2.44. The quantitative estimate of drug-likeness (QED) is 0.809. The van der Waals surface area contributed by atoms with Crippen molar-refractivity contribution in [2.75, 3.05) is 18.0 Å². The van der Waals surface area contributed by atoms with E-state index in [4.69, 9.17) is 5.73 Å². The number of H-pyrrole nitrogens is 1. The number of halogens is 1. The first kappa shape index (κ1) is 17.8. The number of anilines is 2. The number of Topliss-reactive ketones (excluding diaryl/α,β-unsaturated/α-hetero) is 1. The van der Waals surface area contributed by atoms with Gasteiger partial charge in [0.25, 0.3) is 5.56 Å². The van der Waals surface area contributed by atoms with E-state index in [-0.39, 0.29) is 34.8 Å². The van der Waals surface area contributed by atoms with Crippen molar-refractivity contribution in [1.82, 2.24) is 9.27 Å². The van der Waals surface area contributed by atoms with Gasteiger partial charge in [-0.1, -0.05) is 6.08 Å². The summed E-state index contributed by atoms with van der Waals surface area (Å²) in [6.07, 6.45) is 4.52. The van der Waals surface area contributed by atoms with Gasteiger partial charge in [-0.25, -0.2) is 4.39 Å². The fourth-order valence-corrected chi connectivity index (χ4v) is 5.57. The second kappa shape index (κ2) is 6.65. The number of nitrogens with one attached hydrogen (secondary N) is 1. The summed E-state index contributed by atoms with van der Waals surface area (Å²) in [6, 6.07) is 6.54. The molecule has 0 amide bonds. The van der Waals surface area contributed by atoms with Crippen LogP contribution < -0.4 is 16.2 Å². The lowest BCUT2D eigenvalue weighted by Crippen LogP contribution is -2.48. The number of hydrogen-bond acceptors (Lipinski definition) is 6. The number of carbonyl (C=O) groups is 1. The minimum absolute atomic E-state index is 0.174. The van der Waals surface area contributed by atoms with Crippen LogP contribution >= 0.6 is 11.5 Å². The Balaban J connectivity index is 1.58. The number of ketones is 1. The number of aromatic nitrogens is 1. The molecule has 0 saturated carbocycles. The molecule has 3 N–H and O–H groups in total. The normalized spacial score (nSPS) is 27.5. The van der Waals surface area contributed by atoms with Crippen LogP contribution in [-0.2, 0) is 0 Å². The van der Waals surface area contributed by atoms with Gasteiger partial charge < -0.3 is 10.6 Å². The van der Waals surface area contributed by atoms with Gasteiger partial charge in [0, 0.05) is 36.4 Å². The third kappa shape index (κ3) is 2.75. The number of nitrogens with zero attached hydrogens (tertiary/aromatic N) is 2. The lowest BCUT2D eigenvalue weighted by molar-refractivity contribution is 0.101. The molecule has 1 fully saturated rings. The smallest absolute Gasteiger partial charge is 0.271 e. The van der Waals surface area contributed by atoms with E-state index < -0.39 is 0 Å². The van der Waals surface area contributed by atoms with Gasteiger partial charge in [-0.15, -0.1) is 0 Å². The van der Waals surface area contributed by atoms with Crippen molar-refractivity contribution in [2.45, 2.75) is 37.4 Å². The molecule has 3 atom stereocenters. The maximum Gasteiger partial charge on any atom is 0.271 e. The maximum atomic E-state index is 13.5. The Morgan fingerprint density at radius 3 is 2.71 bits per heavy atom. The summed E-state index contributed by atoms with van der Waals surface area (Å²) < 4.78 is 16.2. The van der Waals surface area contributed by atoms with E-state index >= 15 is 0 Å². The summed E-state index contributed by atoms with van der Waals surface area (Å²) in [6.45, 7) is 1.84. The van der Waals surface area contributed by atoms with Gasteiger partial charge in [0.05, 0.1) is 6.04 Å². The Hall–Kier alpha value is -2.29. The number of likely N-dealkylation sites (tertiary alicyclic amines) is 1. The molecule has 2 aliphatic heterocycles. The van der Waals surface area contributed by atoms with Gasteiger partial charge in [0.2, 0.25) is 0 Å². The highest BCUT2D eigenvalue weighted by Gasteiger charge is 2.43. The molecule has 5 rings (SSSR count). The van der Waals surface area contributed by atoms with E-state index in [9.17, 15) is 14.0 Å². The fraction of sp³-hybridized carbons (Fsp3) is 0.400. The number of benzene rings is 1. The van der Waals surface area contributed by atoms with E-state index in [0.29, 0.717) is 16.6 Å². The predicted molar refractivity (Wildman–Crippen MR) is 107 cm³/mol. The van der Waals surface area contributed by atoms with Crippen LogP contribution in [0.15, 0.2) is 40.7 Å². The SMILES string of the molecule is NC1CCN(C2CC=C3C(=O)c4c(s[nH]c4=O)N(c4ccc(F)cc4)C3C2)C1. The van der Waals surface area contributed by atoms with Gasteiger partial charge >= 0.3 is 0 Å². The molecular formula is C20H21FN4O2S. The molecule has 1 aliphatic carbocycles. The molecule has 2 aromatic rings. The van der Waals surface area contributed by atoms with Crippen molar-refractivity contribution in [2.24, 2.45) is 5.73 Å². The van der Waals surface area contributed by atoms with E-state index in [1.54, 1.807) is 12.1 Å². The van der Waals surface area contributed by atoms with Gasteiger partial charge in [-0.05, 0) is 55.1 Å². The zero-order valence-corrected chi connectivity index (χ0v) is 16.0. The maximum absolute atomic E-state index is 13.5. The second-order valence-electron chi connectivity index (χ2n) is 7.73. The number of nitrogens with two attached hydrogens (primary N) is 1. The van der Waals surface area contributed by atoms with Crippen molar-refractivity contribution in [3.8, 4) is 0 Å². The Labute approximate surface area is 165 Å². The zero-order valence-electron chi connectivity index (χ0n) is 15.2. The molecule has 0 bridgehead atoms. The van der Waals surface area contributed by atoms with E-state index in [1.165, 1.54) is 23.7 Å². The Kier molecular flexibility index (Phi) is 4.22. The number of aromatic amines is 1. The zero-order chi connectivity index (χ0) is 19.4. The Morgan fingerprint density at radius 1 is 1.21 bits per heavy atom. The molecule has 3 unspecified atom stereocenters. The third-order valence-corrected chi connectivity index (χ3v) is 6.92. The van der Waals surface area contributed by atoms with Crippen LogP contribution in [0.1, 0.15) is 29.6 Å². The lowest BCUT2D eigenvalue weighted by atomic mass is 9.82. The Morgan fingerprint density at radius 2 is 2.00 bits per heavy atom. The molecular weight excluding hydrogens is 379 g/mol. The van der Waals surface area contributed by atoms with Crippen molar-refractivity contribution in [1.29, 1.82) is 0 Å². The number of carbonyl (C=O) groups excluding carboxylic acids is 1. The first-order chi connectivity index (χ1) is 13.5. The molecule has 146 valence electrons. The van der Waals surface area contributed by atoms with E-state index in [1.807, 2.05) is 11.0 Å². The highest BCUT2D eigenvalue weighted by molar-refractivity contribution is 7.10. The van der Waals surface area contributed by atoms with Gasteiger partial charge in [0.1, 0.15) is 16.4 Å². The van der Waals surface area contributed by atoms with Crippen LogP contribution in [0.3, 0.4) is 0 Å². The van der Waals surface area contributed by atoms with Crippen LogP contribution in [0.25, 0.3) is 0 Å². The standard InChI is InChI=1S/C20H21FN4O2S/c21-11-1-3-13(4-2-11)25-16-9-14(24-8-7-12(22)10-24)5-6-15(16)18(26)17-19(27)23-28-20(17)25/h1-4,6,12,14,16H,5,7-10,22H2,(H,23,27). The van der Waals surface area contributed by atoms with Crippen molar-refractivity contribution < 1.29 is 9.18 Å². The summed E-state index contributed by atoms with van der Waals surface area (Å²) in [5.41, 5.74) is 7.37. The van der Waals surface area contributed by atoms with Crippen molar-refractivity contribution in [3.63, 3.8) is 0 Å². The first-order valence-electron chi connectivity index (χ1n) is 9.53. The van der Waals surface area contributed by atoms with Crippen LogP contribution in [0.4, 0.5) is 15.1 Å². The largest absolute Gasteiger partial charge is 0.326 e. The third-order valence-electron chi connectivity index (χ3n) is 6.04. The molecule has 8 heteroatoms. The van der Waals surface area contributed by atoms with Crippen LogP contribution in [-0.4, -0.2) is 46.3 Å². The van der Waals surface area contributed by atoms with E-state index in [2.05, 4.69) is 9.27 Å². The topological polar surface area (TPSA) is 82.4 Å². The van der Waals surface area contributed by atoms with Gasteiger partial charge in [-0.3, -0.25) is 18.9 Å². The number of fused-ring (bicyclic) bond motifs is 2. The molecule has 3 aliphatic rings. The number of hydrogen-bond donors (Lipinski definition) is 2. The number of rotatable bonds is 2. The predicted octanol–water partition coefficient (Wildman–Crippen LogP) is 2.40. The summed E-state index contributed by atoms with van der Waals surface area (Å²) in [7, 11) is 0. The van der Waals surface area contributed by atoms with Crippen molar-refractivity contribution in [3.05, 3.63) is 57.6 Å². The first-order valence-corrected chi connectivity index (χ1v) is 10.3. The van der Waals surface area contributed by atoms with Crippen LogP contribution in [0.5, 0.6) is 0 Å². The molecule has 6 nitrogen and oxygen atoms in total. The molecule has 1 aromatic heterocycles. The van der Waals surface area contributed by atoms with Crippen LogP contribution in [0, 0.1) is 5.82 Å². The van der Waals surface area contributed by atoms with Gasteiger partial charge in [-0.2, -0.15) is 0 Å². The molecule has 0 radical (unpaired) electrons. The molecule has 1 saturated heterocycles. The van der Waals surface area contributed by atoms with E-state index in [0.717, 1.165) is 38.0 Å². The molecule has 28 heavy (non-hydrogen) atoms. The lowest BCUT2D eigenvalue weighted by Gasteiger charge is -2.43. The molecule has 0 spiro atoms.